The fourth-order valence-electron chi connectivity index (χ4n) is 4.25. The van der Waals surface area contributed by atoms with Gasteiger partial charge in [0.05, 0.1) is 23.1 Å². The monoisotopic (exact) mass is 343 g/mol. The fraction of sp³-hybridized carbons (Fsp3) is 0.474. The lowest BCUT2D eigenvalue weighted by molar-refractivity contribution is 0.112. The predicted molar refractivity (Wildman–Crippen MR) is 94.6 cm³/mol. The molecule has 1 aromatic carbocycles. The molecule has 2 fully saturated rings. The van der Waals surface area contributed by atoms with E-state index in [-0.39, 0.29) is 6.61 Å². The minimum Gasteiger partial charge on any atom is -0.379 e. The van der Waals surface area contributed by atoms with Crippen molar-refractivity contribution in [3.8, 4) is 0 Å². The van der Waals surface area contributed by atoms with Crippen molar-refractivity contribution in [1.29, 1.82) is 0 Å². The summed E-state index contributed by atoms with van der Waals surface area (Å²) in [4.78, 5) is 11.5. The number of halogens is 1. The molecule has 5 rings (SSSR count). The highest BCUT2D eigenvalue weighted by atomic mass is 18.2. The first-order valence-electron chi connectivity index (χ1n) is 10.6. The lowest BCUT2D eigenvalue weighted by Crippen LogP contribution is -2.25. The second-order valence-corrected chi connectivity index (χ2v) is 6.79. The highest BCUT2D eigenvalue weighted by molar-refractivity contribution is 5.79. The molecule has 2 aliphatic rings. The Bertz CT molecular complexity index is 1060. The van der Waals surface area contributed by atoms with Crippen LogP contribution in [-0.4, -0.2) is 47.3 Å². The number of alkyl halides is 1. The topological polar surface area (TPSA) is 42.7 Å². The standard InChI is InChI=1S/C19H21FN4O/c20-7-10-25-9-6-13-14-11-23(12-15(13)14)18-5-8-24-17-4-2-1-3-16(17)21-19(24)22-18/h1-5,8,13-15H,6-7,9-12H2/t13-,14-,15+/i7D2,10D2,20-1. The molecule has 0 unspecified atom stereocenters. The smallest absolute Gasteiger partial charge is 0.236 e. The van der Waals surface area contributed by atoms with Crippen molar-refractivity contribution in [3.63, 3.8) is 0 Å². The number of rotatable bonds is 6. The Balaban J connectivity index is 1.20. The van der Waals surface area contributed by atoms with Crippen molar-refractivity contribution in [2.24, 2.45) is 17.8 Å². The number of hydrogen-bond donors (Lipinski definition) is 0. The van der Waals surface area contributed by atoms with Crippen molar-refractivity contribution in [3.05, 3.63) is 36.5 Å². The number of aromatic nitrogens is 3. The summed E-state index contributed by atoms with van der Waals surface area (Å²) in [6, 6.07) is 9.93. The molecule has 3 atom stereocenters. The van der Waals surface area contributed by atoms with E-state index in [1.165, 1.54) is 0 Å². The van der Waals surface area contributed by atoms with Crippen LogP contribution in [0.3, 0.4) is 0 Å². The first-order chi connectivity index (χ1) is 13.7. The Morgan fingerprint density at radius 2 is 2.04 bits per heavy atom. The van der Waals surface area contributed by atoms with Crippen molar-refractivity contribution in [1.82, 2.24) is 14.4 Å². The Hall–Kier alpha value is -2.21. The zero-order valence-corrected chi connectivity index (χ0v) is 13.6. The quantitative estimate of drug-likeness (QED) is 0.690. The van der Waals surface area contributed by atoms with Crippen LogP contribution in [0.1, 0.15) is 11.9 Å². The van der Waals surface area contributed by atoms with Gasteiger partial charge in [0.15, 0.2) is 0 Å². The Kier molecular flexibility index (Phi) is 2.72. The molecule has 0 N–H and O–H groups in total. The van der Waals surface area contributed by atoms with Gasteiger partial charge in [-0.05, 0) is 42.4 Å². The molecule has 0 bridgehead atoms. The molecule has 1 aliphatic carbocycles. The SMILES string of the molecule is [2H]C([2H])([18F])C([2H])([2H])OCC[C@@H]1[C@H]2CN(c3ccn4c(n3)nc3ccccc34)C[C@@H]12. The molecular weight excluding hydrogens is 318 g/mol. The minimum absolute atomic E-state index is 0.0129. The molecule has 130 valence electrons. The molecule has 5 nitrogen and oxygen atoms in total. The van der Waals surface area contributed by atoms with Gasteiger partial charge in [-0.25, -0.2) is 9.37 Å². The number of benzene rings is 1. The maximum Gasteiger partial charge on any atom is 0.236 e. The number of nitrogens with zero attached hydrogens (tertiary/aromatic N) is 4. The van der Waals surface area contributed by atoms with E-state index in [9.17, 15) is 4.39 Å². The Morgan fingerprint density at radius 3 is 2.88 bits per heavy atom. The summed E-state index contributed by atoms with van der Waals surface area (Å²) in [5, 5.41) is 0. The molecule has 3 heterocycles. The Morgan fingerprint density at radius 1 is 1.20 bits per heavy atom. The normalized spacial score (nSPS) is 28.5. The number of hydrogen-bond acceptors (Lipinski definition) is 4. The number of piperidine rings is 1. The highest BCUT2D eigenvalue weighted by Gasteiger charge is 2.55. The second kappa shape index (κ2) is 5.95. The average molecular weight is 343 g/mol. The molecule has 0 amide bonds. The van der Waals surface area contributed by atoms with E-state index in [0.29, 0.717) is 30.0 Å². The number of fused-ring (bicyclic) bond motifs is 4. The molecule has 0 spiro atoms. The minimum atomic E-state index is -3.51. The van der Waals surface area contributed by atoms with Gasteiger partial charge in [-0.15, -0.1) is 0 Å². The van der Waals surface area contributed by atoms with E-state index >= 15 is 0 Å². The van der Waals surface area contributed by atoms with E-state index < -0.39 is 13.2 Å². The zero-order chi connectivity index (χ0) is 20.4. The van der Waals surface area contributed by atoms with Gasteiger partial charge in [-0.1, -0.05) is 12.1 Å². The van der Waals surface area contributed by atoms with Gasteiger partial charge >= 0.3 is 0 Å². The van der Waals surface area contributed by atoms with Crippen LogP contribution in [0, 0.1) is 17.8 Å². The average Bonchev–Trinajstić information content (AvgIpc) is 3.03. The van der Waals surface area contributed by atoms with Crippen molar-refractivity contribution in [2.45, 2.75) is 6.42 Å². The first-order valence-corrected chi connectivity index (χ1v) is 8.56. The van der Waals surface area contributed by atoms with Crippen LogP contribution in [0.5, 0.6) is 0 Å². The van der Waals surface area contributed by atoms with Gasteiger partial charge in [0.25, 0.3) is 0 Å². The Labute approximate surface area is 151 Å². The van der Waals surface area contributed by atoms with E-state index in [2.05, 4.69) is 9.88 Å². The lowest BCUT2D eigenvalue weighted by atomic mass is 10.2. The summed E-state index contributed by atoms with van der Waals surface area (Å²) in [6.07, 6.45) is 2.60. The predicted octanol–water partition coefficient (Wildman–Crippen LogP) is 2.94. The summed E-state index contributed by atoms with van der Waals surface area (Å²) < 4.78 is 48.4. The summed E-state index contributed by atoms with van der Waals surface area (Å²) in [5.41, 5.74) is 1.95. The van der Waals surface area contributed by atoms with Crippen LogP contribution < -0.4 is 4.90 Å². The number of anilines is 1. The third-order valence-corrected chi connectivity index (χ3v) is 5.52. The van der Waals surface area contributed by atoms with E-state index in [0.717, 1.165) is 29.9 Å². The lowest BCUT2D eigenvalue weighted by Gasteiger charge is -2.20. The zero-order valence-electron chi connectivity index (χ0n) is 17.6. The summed E-state index contributed by atoms with van der Waals surface area (Å²) in [6.45, 7) is -4.68. The van der Waals surface area contributed by atoms with E-state index in [1.807, 2.05) is 40.9 Å². The van der Waals surface area contributed by atoms with Crippen LogP contribution in [0.4, 0.5) is 10.2 Å². The molecule has 0 radical (unpaired) electrons. The summed E-state index contributed by atoms with van der Waals surface area (Å²) in [7, 11) is 0. The van der Waals surface area contributed by atoms with Crippen LogP contribution in [-0.2, 0) is 4.74 Å². The molecule has 2 aromatic heterocycles. The largest absolute Gasteiger partial charge is 0.379 e. The molecule has 1 saturated heterocycles. The van der Waals surface area contributed by atoms with Gasteiger partial charge in [-0.3, -0.25) is 4.40 Å². The number of imidazole rings is 1. The van der Waals surface area contributed by atoms with Crippen molar-refractivity contribution < 1.29 is 14.6 Å². The molecule has 1 aliphatic heterocycles. The first kappa shape index (κ1) is 11.4. The fourth-order valence-corrected chi connectivity index (χ4v) is 4.25. The van der Waals surface area contributed by atoms with Crippen LogP contribution in [0.25, 0.3) is 16.8 Å². The van der Waals surface area contributed by atoms with E-state index in [4.69, 9.17) is 15.2 Å². The number of ether oxygens (including phenoxy) is 1. The molecule has 3 aromatic rings. The molecule has 1 saturated carbocycles. The van der Waals surface area contributed by atoms with Gasteiger partial charge in [0.1, 0.15) is 12.4 Å². The third-order valence-electron chi connectivity index (χ3n) is 5.52. The second-order valence-electron chi connectivity index (χ2n) is 6.79. The summed E-state index contributed by atoms with van der Waals surface area (Å²) >= 11 is 0. The number of para-hydroxylation sites is 2. The molecule has 6 heteroatoms. The van der Waals surface area contributed by atoms with Gasteiger partial charge in [-0.2, -0.15) is 4.98 Å². The molecular formula is C19H21FN4O. The van der Waals surface area contributed by atoms with Gasteiger partial charge in [0, 0.05) is 25.9 Å². The van der Waals surface area contributed by atoms with Gasteiger partial charge < -0.3 is 9.64 Å². The maximum atomic E-state index is 13.2. The van der Waals surface area contributed by atoms with E-state index in [1.54, 1.807) is 0 Å². The van der Waals surface area contributed by atoms with Crippen molar-refractivity contribution >= 4 is 22.6 Å². The van der Waals surface area contributed by atoms with Crippen molar-refractivity contribution in [2.75, 3.05) is 37.8 Å². The maximum absolute atomic E-state index is 13.2. The van der Waals surface area contributed by atoms with Gasteiger partial charge in [0.2, 0.25) is 5.78 Å². The van der Waals surface area contributed by atoms with Crippen LogP contribution in [0.2, 0.25) is 0 Å². The van der Waals surface area contributed by atoms with Crippen LogP contribution in [0.15, 0.2) is 36.5 Å². The summed E-state index contributed by atoms with van der Waals surface area (Å²) in [5.74, 6) is 2.96. The molecule has 25 heavy (non-hydrogen) atoms. The highest BCUT2D eigenvalue weighted by Crippen LogP contribution is 2.54. The van der Waals surface area contributed by atoms with Crippen LogP contribution >= 0.6 is 0 Å². The third kappa shape index (κ3) is 2.56.